The molecule has 1 aromatic heterocycles. The van der Waals surface area contributed by atoms with Crippen LogP contribution in [-0.2, 0) is 12.0 Å². The van der Waals surface area contributed by atoms with Gasteiger partial charge in [0.1, 0.15) is 5.75 Å². The number of pyridine rings is 1. The fourth-order valence-electron chi connectivity index (χ4n) is 2.26. The minimum Gasteiger partial charge on any atom is -0.492 e. The number of rotatable bonds is 6. The molecule has 21 heavy (non-hydrogen) atoms. The van der Waals surface area contributed by atoms with Crippen molar-refractivity contribution in [2.45, 2.75) is 39.2 Å². The third-order valence-corrected chi connectivity index (χ3v) is 3.75. The molecular weight excluding hydrogens is 260 g/mol. The lowest BCUT2D eigenvalue weighted by Gasteiger charge is -2.26. The van der Waals surface area contributed by atoms with Gasteiger partial charge in [0.2, 0.25) is 0 Å². The van der Waals surface area contributed by atoms with E-state index in [1.54, 1.807) is 6.20 Å². The summed E-state index contributed by atoms with van der Waals surface area (Å²) in [5.74, 6) is 0.774. The van der Waals surface area contributed by atoms with Gasteiger partial charge in [-0.25, -0.2) is 0 Å². The summed E-state index contributed by atoms with van der Waals surface area (Å²) < 4.78 is 5.65. The number of aryl methyl sites for hydroxylation is 1. The van der Waals surface area contributed by atoms with Crippen LogP contribution in [0.3, 0.4) is 0 Å². The minimum atomic E-state index is -0.579. The van der Waals surface area contributed by atoms with E-state index in [-0.39, 0.29) is 0 Å². The van der Waals surface area contributed by atoms with E-state index in [4.69, 9.17) is 10.5 Å². The van der Waals surface area contributed by atoms with Gasteiger partial charge in [-0.1, -0.05) is 38.1 Å². The van der Waals surface area contributed by atoms with Gasteiger partial charge in [-0.3, -0.25) is 4.98 Å². The van der Waals surface area contributed by atoms with Crippen LogP contribution in [0.25, 0.3) is 0 Å². The highest BCUT2D eigenvalue weighted by molar-refractivity contribution is 5.39. The molecule has 1 heterocycles. The van der Waals surface area contributed by atoms with Crippen LogP contribution < -0.4 is 10.5 Å². The molecule has 0 spiro atoms. The number of hydrogen-bond donors (Lipinski definition) is 1. The number of ether oxygens (including phenoxy) is 1. The summed E-state index contributed by atoms with van der Waals surface area (Å²) in [5.41, 5.74) is 9.32. The maximum atomic E-state index is 6.55. The molecule has 112 valence electrons. The molecule has 1 unspecified atom stereocenters. The van der Waals surface area contributed by atoms with E-state index < -0.39 is 5.54 Å². The summed E-state index contributed by atoms with van der Waals surface area (Å²) in [6.45, 7) is 6.93. The second-order valence-electron chi connectivity index (χ2n) is 5.51. The van der Waals surface area contributed by atoms with Crippen LogP contribution in [0.2, 0.25) is 0 Å². The number of benzene rings is 1. The first-order chi connectivity index (χ1) is 10.1. The molecule has 2 rings (SSSR count). The van der Waals surface area contributed by atoms with Gasteiger partial charge in [0.05, 0.1) is 18.3 Å². The number of nitrogens with two attached hydrogens (primary N) is 1. The van der Waals surface area contributed by atoms with Gasteiger partial charge in [-0.2, -0.15) is 0 Å². The highest BCUT2D eigenvalue weighted by Crippen LogP contribution is 2.28. The van der Waals surface area contributed by atoms with Gasteiger partial charge in [0.15, 0.2) is 0 Å². The fourth-order valence-corrected chi connectivity index (χ4v) is 2.26. The zero-order valence-corrected chi connectivity index (χ0v) is 13.1. The summed E-state index contributed by atoms with van der Waals surface area (Å²) in [4.78, 5) is 4.26. The molecular formula is C18H24N2O. The van der Waals surface area contributed by atoms with Gasteiger partial charge >= 0.3 is 0 Å². The molecule has 0 radical (unpaired) electrons. The molecule has 1 atom stereocenters. The van der Waals surface area contributed by atoms with E-state index in [0.717, 1.165) is 29.7 Å². The van der Waals surface area contributed by atoms with Gasteiger partial charge in [0.25, 0.3) is 0 Å². The lowest BCUT2D eigenvalue weighted by atomic mass is 9.86. The Balaban J connectivity index is 2.28. The van der Waals surface area contributed by atoms with Crippen molar-refractivity contribution < 1.29 is 4.74 Å². The number of hydrogen-bond acceptors (Lipinski definition) is 3. The minimum absolute atomic E-state index is 0.579. The van der Waals surface area contributed by atoms with E-state index in [1.165, 1.54) is 5.56 Å². The van der Waals surface area contributed by atoms with Crippen LogP contribution in [0.1, 0.15) is 43.9 Å². The van der Waals surface area contributed by atoms with Crippen LogP contribution in [0.15, 0.2) is 42.7 Å². The molecule has 3 nitrogen and oxygen atoms in total. The Bertz CT molecular complexity index is 576. The summed E-state index contributed by atoms with van der Waals surface area (Å²) in [6.07, 6.45) is 5.55. The summed E-state index contributed by atoms with van der Waals surface area (Å²) in [6, 6.07) is 10.4. The lowest BCUT2D eigenvalue weighted by molar-refractivity contribution is 0.315. The molecule has 2 aromatic rings. The van der Waals surface area contributed by atoms with Crippen LogP contribution in [0.5, 0.6) is 5.75 Å². The third kappa shape index (κ3) is 3.61. The maximum absolute atomic E-state index is 6.55. The molecule has 0 amide bonds. The summed E-state index contributed by atoms with van der Waals surface area (Å²) in [5, 5.41) is 0. The summed E-state index contributed by atoms with van der Waals surface area (Å²) >= 11 is 0. The first-order valence-electron chi connectivity index (χ1n) is 7.54. The Morgan fingerprint density at radius 2 is 1.81 bits per heavy atom. The third-order valence-electron chi connectivity index (χ3n) is 3.75. The van der Waals surface area contributed by atoms with Crippen LogP contribution >= 0.6 is 0 Å². The largest absolute Gasteiger partial charge is 0.492 e. The average molecular weight is 284 g/mol. The zero-order valence-electron chi connectivity index (χ0n) is 13.1. The molecule has 0 saturated heterocycles. The fraction of sp³-hybridized carbons (Fsp3) is 0.389. The second kappa shape index (κ2) is 6.72. The standard InChI is InChI=1S/C18H24N2O/c1-4-10-21-17-11-16(12-20-13-17)18(3,19)15-8-6-14(5-2)7-9-15/h6-9,11-13H,4-5,10,19H2,1-3H3. The molecule has 0 bridgehead atoms. The Kier molecular flexibility index (Phi) is 4.97. The van der Waals surface area contributed by atoms with Crippen molar-refractivity contribution in [2.75, 3.05) is 6.61 Å². The van der Waals surface area contributed by atoms with E-state index in [1.807, 2.05) is 19.2 Å². The van der Waals surface area contributed by atoms with Crippen molar-refractivity contribution in [3.8, 4) is 5.75 Å². The predicted molar refractivity (Wildman–Crippen MR) is 86.5 cm³/mol. The average Bonchev–Trinajstić information content (AvgIpc) is 2.53. The van der Waals surface area contributed by atoms with Gasteiger partial charge < -0.3 is 10.5 Å². The van der Waals surface area contributed by atoms with Crippen molar-refractivity contribution in [3.05, 3.63) is 59.4 Å². The molecule has 1 aromatic carbocycles. The smallest absolute Gasteiger partial charge is 0.137 e. The molecule has 0 fully saturated rings. The first-order valence-corrected chi connectivity index (χ1v) is 7.54. The molecule has 2 N–H and O–H groups in total. The van der Waals surface area contributed by atoms with Crippen molar-refractivity contribution in [2.24, 2.45) is 5.73 Å². The lowest BCUT2D eigenvalue weighted by Crippen LogP contribution is -2.34. The molecule has 3 heteroatoms. The zero-order chi connectivity index (χ0) is 15.3. The molecule has 0 aliphatic rings. The van der Waals surface area contributed by atoms with Gasteiger partial charge in [-0.15, -0.1) is 0 Å². The molecule has 0 saturated carbocycles. The van der Waals surface area contributed by atoms with Crippen molar-refractivity contribution in [1.82, 2.24) is 4.98 Å². The van der Waals surface area contributed by atoms with Crippen molar-refractivity contribution >= 4 is 0 Å². The second-order valence-corrected chi connectivity index (χ2v) is 5.51. The van der Waals surface area contributed by atoms with E-state index >= 15 is 0 Å². The Labute approximate surface area is 127 Å². The number of nitrogens with zero attached hydrogens (tertiary/aromatic N) is 1. The van der Waals surface area contributed by atoms with Gasteiger partial charge in [-0.05, 0) is 42.5 Å². The van der Waals surface area contributed by atoms with E-state index in [2.05, 4.69) is 43.1 Å². The Hall–Kier alpha value is -1.87. The Morgan fingerprint density at radius 1 is 1.10 bits per heavy atom. The number of aromatic nitrogens is 1. The van der Waals surface area contributed by atoms with E-state index in [9.17, 15) is 0 Å². The first kappa shape index (κ1) is 15.5. The normalized spacial score (nSPS) is 13.7. The summed E-state index contributed by atoms with van der Waals surface area (Å²) in [7, 11) is 0. The maximum Gasteiger partial charge on any atom is 0.137 e. The van der Waals surface area contributed by atoms with Gasteiger partial charge in [0, 0.05) is 6.20 Å². The Morgan fingerprint density at radius 3 is 2.43 bits per heavy atom. The van der Waals surface area contributed by atoms with Crippen LogP contribution in [0.4, 0.5) is 0 Å². The molecule has 0 aliphatic carbocycles. The van der Waals surface area contributed by atoms with Crippen molar-refractivity contribution in [1.29, 1.82) is 0 Å². The van der Waals surface area contributed by atoms with E-state index in [0.29, 0.717) is 6.61 Å². The SMILES string of the molecule is CCCOc1cncc(C(C)(N)c2ccc(CC)cc2)c1. The highest BCUT2D eigenvalue weighted by atomic mass is 16.5. The van der Waals surface area contributed by atoms with Crippen LogP contribution in [-0.4, -0.2) is 11.6 Å². The van der Waals surface area contributed by atoms with Crippen molar-refractivity contribution in [3.63, 3.8) is 0 Å². The predicted octanol–water partition coefficient (Wildman–Crippen LogP) is 3.66. The molecule has 0 aliphatic heterocycles. The topological polar surface area (TPSA) is 48.1 Å². The highest BCUT2D eigenvalue weighted by Gasteiger charge is 2.24. The quantitative estimate of drug-likeness (QED) is 0.880. The monoisotopic (exact) mass is 284 g/mol. The van der Waals surface area contributed by atoms with Crippen LogP contribution in [0, 0.1) is 0 Å².